The van der Waals surface area contributed by atoms with Crippen LogP contribution in [-0.2, 0) is 11.2 Å². The first-order valence-electron chi connectivity index (χ1n) is 7.73. The molecule has 0 unspecified atom stereocenters. The highest BCUT2D eigenvalue weighted by molar-refractivity contribution is 6.30. The molecule has 0 radical (unpaired) electrons. The Bertz CT molecular complexity index is 778. The summed E-state index contributed by atoms with van der Waals surface area (Å²) < 4.78 is 0. The van der Waals surface area contributed by atoms with E-state index >= 15 is 0 Å². The summed E-state index contributed by atoms with van der Waals surface area (Å²) in [7, 11) is 1.63. The average molecular weight is 344 g/mol. The van der Waals surface area contributed by atoms with Crippen LogP contribution in [0.25, 0.3) is 0 Å². The fraction of sp³-hybridized carbons (Fsp3) is 0.222. The van der Waals surface area contributed by atoms with Crippen molar-refractivity contribution in [3.63, 3.8) is 0 Å². The molecule has 0 aliphatic carbocycles. The van der Waals surface area contributed by atoms with Crippen molar-refractivity contribution < 1.29 is 9.59 Å². The van der Waals surface area contributed by atoms with Crippen LogP contribution in [0.3, 0.4) is 0 Å². The summed E-state index contributed by atoms with van der Waals surface area (Å²) >= 11 is 5.92. The molecule has 124 valence electrons. The lowest BCUT2D eigenvalue weighted by Crippen LogP contribution is -2.46. The predicted molar refractivity (Wildman–Crippen MR) is 95.4 cm³/mol. The molecule has 2 aromatic carbocycles. The number of nitrogens with one attached hydrogen (secondary N) is 2. The molecular weight excluding hydrogens is 326 g/mol. The molecular formula is C18H18ClN3O2. The monoisotopic (exact) mass is 343 g/mol. The minimum absolute atomic E-state index is 0.177. The van der Waals surface area contributed by atoms with E-state index in [0.29, 0.717) is 17.1 Å². The third-order valence-electron chi connectivity index (χ3n) is 4.13. The standard InChI is InChI=1S/C18H18ClN3O2/c1-22(18(24)20-14-7-4-6-13(19)11-14)16-10-9-12-5-2-3-8-15(12)21-17(16)23/h2-8,11,16H,9-10H2,1H3,(H,20,24)(H,21,23)/t16-/m0/s1. The van der Waals surface area contributed by atoms with Crippen LogP contribution >= 0.6 is 11.6 Å². The van der Waals surface area contributed by atoms with Gasteiger partial charge in [0.25, 0.3) is 0 Å². The number of nitrogens with zero attached hydrogens (tertiary/aromatic N) is 1. The van der Waals surface area contributed by atoms with E-state index in [4.69, 9.17) is 11.6 Å². The first-order chi connectivity index (χ1) is 11.5. The second-order valence-electron chi connectivity index (χ2n) is 5.75. The zero-order valence-electron chi connectivity index (χ0n) is 13.3. The molecule has 0 saturated carbocycles. The van der Waals surface area contributed by atoms with Crippen molar-refractivity contribution in [3.05, 3.63) is 59.1 Å². The van der Waals surface area contributed by atoms with Gasteiger partial charge in [0.15, 0.2) is 0 Å². The molecule has 5 nitrogen and oxygen atoms in total. The minimum Gasteiger partial charge on any atom is -0.324 e. The number of amides is 3. The molecule has 0 aromatic heterocycles. The summed E-state index contributed by atoms with van der Waals surface area (Å²) in [4.78, 5) is 26.4. The molecule has 3 rings (SSSR count). The van der Waals surface area contributed by atoms with Gasteiger partial charge in [0.05, 0.1) is 0 Å². The van der Waals surface area contributed by atoms with Gasteiger partial charge >= 0.3 is 6.03 Å². The highest BCUT2D eigenvalue weighted by atomic mass is 35.5. The van der Waals surface area contributed by atoms with Crippen LogP contribution in [-0.4, -0.2) is 29.9 Å². The molecule has 24 heavy (non-hydrogen) atoms. The highest BCUT2D eigenvalue weighted by Gasteiger charge is 2.29. The Hall–Kier alpha value is -2.53. The van der Waals surface area contributed by atoms with E-state index in [-0.39, 0.29) is 11.9 Å². The number of aryl methyl sites for hydroxylation is 1. The van der Waals surface area contributed by atoms with Crippen molar-refractivity contribution in [2.24, 2.45) is 0 Å². The maximum absolute atomic E-state index is 12.5. The zero-order chi connectivity index (χ0) is 17.1. The summed E-state index contributed by atoms with van der Waals surface area (Å²) in [5.41, 5.74) is 2.49. The van der Waals surface area contributed by atoms with Crippen LogP contribution in [0, 0.1) is 0 Å². The van der Waals surface area contributed by atoms with Gasteiger partial charge < -0.3 is 15.5 Å². The number of likely N-dealkylation sites (N-methyl/N-ethyl adjacent to an activating group) is 1. The predicted octanol–water partition coefficient (Wildman–Crippen LogP) is 3.76. The van der Waals surface area contributed by atoms with Gasteiger partial charge in [-0.25, -0.2) is 4.79 Å². The van der Waals surface area contributed by atoms with E-state index in [2.05, 4.69) is 10.6 Å². The van der Waals surface area contributed by atoms with Crippen molar-refractivity contribution in [1.29, 1.82) is 0 Å². The highest BCUT2D eigenvalue weighted by Crippen LogP contribution is 2.24. The summed E-state index contributed by atoms with van der Waals surface area (Å²) in [6.45, 7) is 0. The van der Waals surface area contributed by atoms with Crippen LogP contribution in [0.4, 0.5) is 16.2 Å². The summed E-state index contributed by atoms with van der Waals surface area (Å²) in [6, 6.07) is 13.7. The van der Waals surface area contributed by atoms with Gasteiger partial charge in [0, 0.05) is 23.4 Å². The number of hydrogen-bond donors (Lipinski definition) is 2. The van der Waals surface area contributed by atoms with Crippen LogP contribution in [0.5, 0.6) is 0 Å². The van der Waals surface area contributed by atoms with E-state index in [9.17, 15) is 9.59 Å². The van der Waals surface area contributed by atoms with Gasteiger partial charge in [-0.15, -0.1) is 0 Å². The number of rotatable bonds is 2. The Morgan fingerprint density at radius 3 is 2.83 bits per heavy atom. The molecule has 3 amide bonds. The van der Waals surface area contributed by atoms with Gasteiger partial charge in [0.1, 0.15) is 6.04 Å². The largest absolute Gasteiger partial charge is 0.324 e. The number of carbonyl (C=O) groups excluding carboxylic acids is 2. The van der Waals surface area contributed by atoms with Crippen molar-refractivity contribution in [3.8, 4) is 0 Å². The fourth-order valence-electron chi connectivity index (χ4n) is 2.79. The number of carbonyl (C=O) groups is 2. The maximum Gasteiger partial charge on any atom is 0.322 e. The van der Waals surface area contributed by atoms with E-state index in [1.54, 1.807) is 31.3 Å². The van der Waals surface area contributed by atoms with Gasteiger partial charge in [-0.3, -0.25) is 4.79 Å². The van der Waals surface area contributed by atoms with Crippen LogP contribution in [0.15, 0.2) is 48.5 Å². The van der Waals surface area contributed by atoms with Crippen molar-refractivity contribution in [2.75, 3.05) is 17.7 Å². The molecule has 6 heteroatoms. The third-order valence-corrected chi connectivity index (χ3v) is 4.36. The Morgan fingerprint density at radius 1 is 1.25 bits per heavy atom. The average Bonchev–Trinajstić information content (AvgIpc) is 2.72. The first-order valence-corrected chi connectivity index (χ1v) is 8.10. The van der Waals surface area contributed by atoms with Crippen LogP contribution in [0.1, 0.15) is 12.0 Å². The Morgan fingerprint density at radius 2 is 2.04 bits per heavy atom. The summed E-state index contributed by atoms with van der Waals surface area (Å²) in [5.74, 6) is -0.177. The Balaban J connectivity index is 1.71. The van der Waals surface area contributed by atoms with Crippen LogP contribution < -0.4 is 10.6 Å². The number of para-hydroxylation sites is 1. The first kappa shape index (κ1) is 16.3. The lowest BCUT2D eigenvalue weighted by atomic mass is 10.1. The number of anilines is 2. The summed E-state index contributed by atoms with van der Waals surface area (Å²) in [6.07, 6.45) is 1.30. The second kappa shape index (κ2) is 6.93. The van der Waals surface area contributed by atoms with Crippen LogP contribution in [0.2, 0.25) is 5.02 Å². The van der Waals surface area contributed by atoms with E-state index in [0.717, 1.165) is 17.7 Å². The van der Waals surface area contributed by atoms with Crippen molar-refractivity contribution in [2.45, 2.75) is 18.9 Å². The molecule has 1 aliphatic heterocycles. The Kier molecular flexibility index (Phi) is 4.71. The molecule has 2 N–H and O–H groups in total. The lowest BCUT2D eigenvalue weighted by molar-refractivity contribution is -0.120. The fourth-order valence-corrected chi connectivity index (χ4v) is 2.98. The molecule has 0 saturated heterocycles. The molecule has 1 atom stereocenters. The minimum atomic E-state index is -0.531. The Labute approximate surface area is 145 Å². The summed E-state index contributed by atoms with van der Waals surface area (Å²) in [5, 5.41) is 6.20. The number of benzene rings is 2. The molecule has 0 spiro atoms. The SMILES string of the molecule is CN(C(=O)Nc1cccc(Cl)c1)[C@H]1CCc2ccccc2NC1=O. The van der Waals surface area contributed by atoms with Gasteiger partial charge in [-0.1, -0.05) is 35.9 Å². The molecule has 1 heterocycles. The molecule has 2 aromatic rings. The molecule has 0 bridgehead atoms. The number of fused-ring (bicyclic) bond motifs is 1. The normalized spacial score (nSPS) is 16.6. The van der Waals surface area contributed by atoms with Crippen molar-refractivity contribution in [1.82, 2.24) is 4.90 Å². The topological polar surface area (TPSA) is 61.4 Å². The van der Waals surface area contributed by atoms with Crippen molar-refractivity contribution >= 4 is 34.9 Å². The van der Waals surface area contributed by atoms with Gasteiger partial charge in [0.2, 0.25) is 5.91 Å². The van der Waals surface area contributed by atoms with Gasteiger partial charge in [-0.2, -0.15) is 0 Å². The number of hydrogen-bond acceptors (Lipinski definition) is 2. The van der Waals surface area contributed by atoms with E-state index < -0.39 is 6.04 Å². The smallest absolute Gasteiger partial charge is 0.322 e. The quantitative estimate of drug-likeness (QED) is 0.872. The number of urea groups is 1. The van der Waals surface area contributed by atoms with Gasteiger partial charge in [-0.05, 0) is 42.7 Å². The second-order valence-corrected chi connectivity index (χ2v) is 6.19. The molecule has 1 aliphatic rings. The third kappa shape index (κ3) is 3.51. The maximum atomic E-state index is 12.5. The van der Waals surface area contributed by atoms with E-state index in [1.165, 1.54) is 4.90 Å². The lowest BCUT2D eigenvalue weighted by Gasteiger charge is -2.26. The number of halogens is 1. The molecule has 0 fully saturated rings. The zero-order valence-corrected chi connectivity index (χ0v) is 14.0. The van der Waals surface area contributed by atoms with E-state index in [1.807, 2.05) is 24.3 Å².